The Hall–Kier alpha value is -4.30. The van der Waals surface area contributed by atoms with Gasteiger partial charge in [-0.15, -0.1) is 0 Å². The lowest BCUT2D eigenvalue weighted by Gasteiger charge is -2.10. The van der Waals surface area contributed by atoms with Gasteiger partial charge in [0.2, 0.25) is 5.91 Å². The molecule has 1 heterocycles. The van der Waals surface area contributed by atoms with Gasteiger partial charge in [0, 0.05) is 40.0 Å². The summed E-state index contributed by atoms with van der Waals surface area (Å²) in [5.74, 6) is 0.192. The van der Waals surface area contributed by atoms with Crippen molar-refractivity contribution in [2.24, 2.45) is 0 Å². The summed E-state index contributed by atoms with van der Waals surface area (Å²) in [6.07, 6.45) is 4.28. The number of amides is 1. The zero-order valence-electron chi connectivity index (χ0n) is 16.5. The van der Waals surface area contributed by atoms with E-state index in [1.165, 1.54) is 30.6 Å². The maximum atomic E-state index is 12.4. The number of fused-ring (bicyclic) bond motifs is 1. The highest BCUT2D eigenvalue weighted by Gasteiger charge is 2.08. The summed E-state index contributed by atoms with van der Waals surface area (Å²) in [5, 5.41) is 18.2. The van der Waals surface area contributed by atoms with Gasteiger partial charge in [-0.25, -0.2) is 9.97 Å². The highest BCUT2D eigenvalue weighted by Crippen LogP contribution is 2.27. The first-order valence-electron chi connectivity index (χ1n) is 9.49. The standard InChI is InChI=1S/C23H16ClN5O3/c24-16-4-2-5-17(12-16)28-23-20-13-18(8-9-21(20)25-14-26-23)27-22(30)10-7-15-3-1-6-19(11-15)29(31)32/h1-14H,(H,27,30)(H,25,26,28)/b10-7+. The Morgan fingerprint density at radius 2 is 1.84 bits per heavy atom. The molecule has 158 valence electrons. The Kier molecular flexibility index (Phi) is 6.05. The third-order valence-electron chi connectivity index (χ3n) is 4.50. The van der Waals surface area contributed by atoms with Crippen molar-refractivity contribution in [1.82, 2.24) is 9.97 Å². The van der Waals surface area contributed by atoms with E-state index in [1.54, 1.807) is 42.5 Å². The number of nitro groups is 1. The summed E-state index contributed by atoms with van der Waals surface area (Å²) in [7, 11) is 0. The van der Waals surface area contributed by atoms with E-state index in [9.17, 15) is 14.9 Å². The van der Waals surface area contributed by atoms with Crippen molar-refractivity contribution < 1.29 is 9.72 Å². The number of carbonyl (C=O) groups is 1. The normalized spacial score (nSPS) is 10.9. The topological polar surface area (TPSA) is 110 Å². The molecule has 0 bridgehead atoms. The molecule has 4 rings (SSSR count). The molecule has 1 amide bonds. The molecule has 0 aliphatic rings. The lowest BCUT2D eigenvalue weighted by Crippen LogP contribution is -2.08. The SMILES string of the molecule is O=C(/C=C/c1cccc([N+](=O)[O-])c1)Nc1ccc2ncnc(Nc3cccc(Cl)c3)c2c1. The number of anilines is 3. The average molecular weight is 446 g/mol. The van der Waals surface area contributed by atoms with Crippen LogP contribution in [0.3, 0.4) is 0 Å². The Morgan fingerprint density at radius 1 is 1.00 bits per heavy atom. The smallest absolute Gasteiger partial charge is 0.270 e. The summed E-state index contributed by atoms with van der Waals surface area (Å²) >= 11 is 6.05. The molecule has 0 atom stereocenters. The number of nitrogens with one attached hydrogen (secondary N) is 2. The highest BCUT2D eigenvalue weighted by atomic mass is 35.5. The van der Waals surface area contributed by atoms with Gasteiger partial charge in [0.05, 0.1) is 10.4 Å². The van der Waals surface area contributed by atoms with Crippen LogP contribution in [0.4, 0.5) is 22.9 Å². The Labute approximate surface area is 187 Å². The number of nitro benzene ring substituents is 1. The molecule has 8 nitrogen and oxygen atoms in total. The quantitative estimate of drug-likeness (QED) is 0.227. The predicted molar refractivity (Wildman–Crippen MR) is 125 cm³/mol. The lowest BCUT2D eigenvalue weighted by atomic mass is 10.2. The number of aromatic nitrogens is 2. The summed E-state index contributed by atoms with van der Waals surface area (Å²) in [5.41, 5.74) is 2.53. The average Bonchev–Trinajstić information content (AvgIpc) is 2.78. The number of non-ortho nitro benzene ring substituents is 1. The maximum Gasteiger partial charge on any atom is 0.270 e. The van der Waals surface area contributed by atoms with E-state index in [-0.39, 0.29) is 11.6 Å². The van der Waals surface area contributed by atoms with Gasteiger partial charge >= 0.3 is 0 Å². The van der Waals surface area contributed by atoms with Crippen molar-refractivity contribution in [2.75, 3.05) is 10.6 Å². The van der Waals surface area contributed by atoms with Gasteiger partial charge in [-0.1, -0.05) is 29.8 Å². The number of hydrogen-bond acceptors (Lipinski definition) is 6. The second-order valence-electron chi connectivity index (χ2n) is 6.76. The largest absolute Gasteiger partial charge is 0.340 e. The molecule has 0 radical (unpaired) electrons. The molecule has 2 N–H and O–H groups in total. The van der Waals surface area contributed by atoms with Crippen LogP contribution in [0.2, 0.25) is 5.02 Å². The molecule has 32 heavy (non-hydrogen) atoms. The Balaban J connectivity index is 1.54. The van der Waals surface area contributed by atoms with Crippen molar-refractivity contribution in [3.05, 3.63) is 99.8 Å². The van der Waals surface area contributed by atoms with E-state index in [2.05, 4.69) is 20.6 Å². The van der Waals surface area contributed by atoms with Gasteiger partial charge in [-0.05, 0) is 48.0 Å². The number of halogens is 1. The summed E-state index contributed by atoms with van der Waals surface area (Å²) < 4.78 is 0. The third kappa shape index (κ3) is 5.05. The van der Waals surface area contributed by atoms with Crippen LogP contribution in [0.1, 0.15) is 5.56 Å². The van der Waals surface area contributed by atoms with Gasteiger partial charge < -0.3 is 10.6 Å². The fourth-order valence-electron chi connectivity index (χ4n) is 3.03. The monoisotopic (exact) mass is 445 g/mol. The van der Waals surface area contributed by atoms with Gasteiger partial charge in [-0.2, -0.15) is 0 Å². The molecule has 9 heteroatoms. The summed E-state index contributed by atoms with van der Waals surface area (Å²) in [6.45, 7) is 0. The minimum Gasteiger partial charge on any atom is -0.340 e. The summed E-state index contributed by atoms with van der Waals surface area (Å²) in [6, 6.07) is 18.6. The molecular weight excluding hydrogens is 430 g/mol. The number of rotatable bonds is 6. The van der Waals surface area contributed by atoms with Crippen molar-refractivity contribution in [2.45, 2.75) is 0 Å². The van der Waals surface area contributed by atoms with Crippen LogP contribution < -0.4 is 10.6 Å². The molecule has 0 fully saturated rings. The zero-order chi connectivity index (χ0) is 22.5. The molecule has 3 aromatic carbocycles. The van der Waals surface area contributed by atoms with Crippen LogP contribution in [0.15, 0.2) is 79.1 Å². The molecule has 0 aliphatic heterocycles. The van der Waals surface area contributed by atoms with Crippen molar-refractivity contribution in [3.63, 3.8) is 0 Å². The van der Waals surface area contributed by atoms with Crippen molar-refractivity contribution in [3.8, 4) is 0 Å². The van der Waals surface area contributed by atoms with Crippen LogP contribution >= 0.6 is 11.6 Å². The third-order valence-corrected chi connectivity index (χ3v) is 4.73. The minimum absolute atomic E-state index is 0.0400. The zero-order valence-corrected chi connectivity index (χ0v) is 17.3. The van der Waals surface area contributed by atoms with E-state index in [1.807, 2.05) is 12.1 Å². The summed E-state index contributed by atoms with van der Waals surface area (Å²) in [4.78, 5) is 31.3. The molecule has 0 unspecified atom stereocenters. The Bertz CT molecular complexity index is 1360. The number of hydrogen-bond donors (Lipinski definition) is 2. The molecule has 4 aromatic rings. The van der Waals surface area contributed by atoms with Gasteiger partial charge in [-0.3, -0.25) is 14.9 Å². The minimum atomic E-state index is -0.483. The number of carbonyl (C=O) groups excluding carboxylic acids is 1. The van der Waals surface area contributed by atoms with Crippen LogP contribution in [0.25, 0.3) is 17.0 Å². The van der Waals surface area contributed by atoms with Crippen LogP contribution in [-0.4, -0.2) is 20.8 Å². The molecule has 0 spiro atoms. The van der Waals surface area contributed by atoms with Gasteiger partial charge in [0.15, 0.2) is 0 Å². The fourth-order valence-corrected chi connectivity index (χ4v) is 3.23. The number of benzene rings is 3. The molecule has 0 aliphatic carbocycles. The first-order chi connectivity index (χ1) is 15.5. The van der Waals surface area contributed by atoms with Crippen LogP contribution in [0.5, 0.6) is 0 Å². The van der Waals surface area contributed by atoms with Crippen LogP contribution in [0, 0.1) is 10.1 Å². The molecule has 0 saturated heterocycles. The first-order valence-corrected chi connectivity index (χ1v) is 9.86. The van der Waals surface area contributed by atoms with E-state index in [0.717, 1.165) is 5.69 Å². The fraction of sp³-hybridized carbons (Fsp3) is 0. The van der Waals surface area contributed by atoms with E-state index in [0.29, 0.717) is 33.0 Å². The lowest BCUT2D eigenvalue weighted by molar-refractivity contribution is -0.384. The Morgan fingerprint density at radius 3 is 2.66 bits per heavy atom. The van der Waals surface area contributed by atoms with Crippen LogP contribution in [-0.2, 0) is 4.79 Å². The van der Waals surface area contributed by atoms with Crippen molar-refractivity contribution >= 4 is 57.4 Å². The van der Waals surface area contributed by atoms with Crippen molar-refractivity contribution in [1.29, 1.82) is 0 Å². The maximum absolute atomic E-state index is 12.4. The second kappa shape index (κ2) is 9.23. The predicted octanol–water partition coefficient (Wildman–Crippen LogP) is 5.59. The van der Waals surface area contributed by atoms with E-state index in [4.69, 9.17) is 11.6 Å². The molecular formula is C23H16ClN5O3. The molecule has 0 saturated carbocycles. The highest BCUT2D eigenvalue weighted by molar-refractivity contribution is 6.30. The first kappa shape index (κ1) is 21.0. The van der Waals surface area contributed by atoms with Gasteiger partial charge in [0.25, 0.3) is 5.69 Å². The number of nitrogens with zero attached hydrogens (tertiary/aromatic N) is 3. The van der Waals surface area contributed by atoms with E-state index >= 15 is 0 Å². The molecule has 1 aromatic heterocycles. The van der Waals surface area contributed by atoms with Gasteiger partial charge in [0.1, 0.15) is 12.1 Å². The van der Waals surface area contributed by atoms with E-state index < -0.39 is 4.92 Å². The second-order valence-corrected chi connectivity index (χ2v) is 7.20.